The third-order valence-corrected chi connectivity index (χ3v) is 4.07. The molecule has 0 heterocycles. The third kappa shape index (κ3) is 6.42. The number of rotatable bonds is 5. The van der Waals surface area contributed by atoms with Gasteiger partial charge in [0, 0.05) is 12.6 Å². The lowest BCUT2D eigenvalue weighted by atomic mass is 9.85. The number of hydrogen-bond donors (Lipinski definition) is 1. The van der Waals surface area contributed by atoms with Crippen LogP contribution in [0, 0.1) is 11.3 Å². The Morgan fingerprint density at radius 2 is 1.71 bits per heavy atom. The molecule has 2 nitrogen and oxygen atoms in total. The van der Waals surface area contributed by atoms with E-state index in [9.17, 15) is 0 Å². The van der Waals surface area contributed by atoms with Gasteiger partial charge in [-0.25, -0.2) is 0 Å². The molecule has 0 aromatic heterocycles. The second-order valence-corrected chi connectivity index (χ2v) is 7.08. The Kier molecular flexibility index (Phi) is 5.94. The first-order valence-corrected chi connectivity index (χ1v) is 7.26. The number of hydrogen-bond acceptors (Lipinski definition) is 2. The molecule has 0 amide bonds. The van der Waals surface area contributed by atoms with Crippen LogP contribution in [-0.2, 0) is 0 Å². The van der Waals surface area contributed by atoms with Gasteiger partial charge in [0.2, 0.25) is 0 Å². The van der Waals surface area contributed by atoms with Crippen LogP contribution in [0.5, 0.6) is 0 Å². The first-order chi connectivity index (χ1) is 7.90. The molecule has 0 radical (unpaired) electrons. The topological polar surface area (TPSA) is 15.3 Å². The maximum atomic E-state index is 3.41. The Hall–Kier alpha value is -0.0800. The van der Waals surface area contributed by atoms with E-state index in [2.05, 4.69) is 45.1 Å². The molecule has 17 heavy (non-hydrogen) atoms. The van der Waals surface area contributed by atoms with E-state index < -0.39 is 0 Å². The molecule has 0 unspecified atom stereocenters. The fourth-order valence-corrected chi connectivity index (χ4v) is 2.69. The van der Waals surface area contributed by atoms with Gasteiger partial charge in [-0.05, 0) is 64.1 Å². The Labute approximate surface area is 108 Å². The van der Waals surface area contributed by atoms with Crippen LogP contribution in [0.25, 0.3) is 0 Å². The third-order valence-electron chi connectivity index (χ3n) is 4.07. The first-order valence-electron chi connectivity index (χ1n) is 7.26. The molecule has 0 atom stereocenters. The fourth-order valence-electron chi connectivity index (χ4n) is 2.69. The average molecular weight is 240 g/mol. The Morgan fingerprint density at radius 3 is 2.18 bits per heavy atom. The van der Waals surface area contributed by atoms with Gasteiger partial charge in [0.05, 0.1) is 0 Å². The largest absolute Gasteiger partial charge is 0.317 e. The molecule has 2 heteroatoms. The first kappa shape index (κ1) is 15.0. The highest BCUT2D eigenvalue weighted by Crippen LogP contribution is 2.25. The second-order valence-electron chi connectivity index (χ2n) is 7.08. The van der Waals surface area contributed by atoms with Crippen molar-refractivity contribution in [3.63, 3.8) is 0 Å². The predicted molar refractivity (Wildman–Crippen MR) is 76.4 cm³/mol. The normalized spacial score (nSPS) is 26.5. The van der Waals surface area contributed by atoms with E-state index in [0.29, 0.717) is 5.41 Å². The van der Waals surface area contributed by atoms with Crippen LogP contribution in [0.15, 0.2) is 0 Å². The monoisotopic (exact) mass is 240 g/mol. The van der Waals surface area contributed by atoms with Gasteiger partial charge in [0.25, 0.3) is 0 Å². The molecule has 102 valence electrons. The van der Waals surface area contributed by atoms with Crippen molar-refractivity contribution in [1.29, 1.82) is 0 Å². The van der Waals surface area contributed by atoms with Gasteiger partial charge in [-0.2, -0.15) is 0 Å². The van der Waals surface area contributed by atoms with Crippen LogP contribution >= 0.6 is 0 Å². The van der Waals surface area contributed by atoms with Crippen molar-refractivity contribution in [2.45, 2.75) is 58.9 Å². The molecule has 0 aliphatic heterocycles. The molecular formula is C15H32N2. The lowest BCUT2D eigenvalue weighted by Crippen LogP contribution is -2.35. The second kappa shape index (κ2) is 6.75. The van der Waals surface area contributed by atoms with Gasteiger partial charge in [-0.3, -0.25) is 0 Å². The Balaban J connectivity index is 2.17. The minimum absolute atomic E-state index is 0.470. The van der Waals surface area contributed by atoms with Crippen molar-refractivity contribution in [2.75, 3.05) is 27.2 Å². The molecule has 1 aliphatic rings. The van der Waals surface area contributed by atoms with Gasteiger partial charge < -0.3 is 10.2 Å². The van der Waals surface area contributed by atoms with Crippen LogP contribution in [0.1, 0.15) is 52.9 Å². The summed E-state index contributed by atoms with van der Waals surface area (Å²) >= 11 is 0. The molecule has 0 aromatic rings. The number of nitrogens with zero attached hydrogens (tertiary/aromatic N) is 1. The molecule has 0 bridgehead atoms. The summed E-state index contributed by atoms with van der Waals surface area (Å²) in [5, 5.41) is 3.41. The van der Waals surface area contributed by atoms with Crippen molar-refractivity contribution in [3.05, 3.63) is 0 Å². The average Bonchev–Trinajstić information content (AvgIpc) is 2.27. The SMILES string of the molecule is CNC1CCC(CN(C)CCC(C)(C)C)CC1. The van der Waals surface area contributed by atoms with Crippen LogP contribution < -0.4 is 5.32 Å². The summed E-state index contributed by atoms with van der Waals surface area (Å²) in [5.41, 5.74) is 0.470. The van der Waals surface area contributed by atoms with Crippen molar-refractivity contribution in [1.82, 2.24) is 10.2 Å². The summed E-state index contributed by atoms with van der Waals surface area (Å²) in [6, 6.07) is 0.783. The van der Waals surface area contributed by atoms with Crippen LogP contribution in [0.3, 0.4) is 0 Å². The highest BCUT2D eigenvalue weighted by Gasteiger charge is 2.21. The maximum absolute atomic E-state index is 3.41. The van der Waals surface area contributed by atoms with Crippen LogP contribution in [-0.4, -0.2) is 38.1 Å². The highest BCUT2D eigenvalue weighted by molar-refractivity contribution is 4.77. The molecule has 0 spiro atoms. The molecule has 1 fully saturated rings. The molecule has 1 saturated carbocycles. The fraction of sp³-hybridized carbons (Fsp3) is 1.00. The zero-order valence-electron chi connectivity index (χ0n) is 12.6. The van der Waals surface area contributed by atoms with Crippen molar-refractivity contribution in [2.24, 2.45) is 11.3 Å². The van der Waals surface area contributed by atoms with E-state index in [1.54, 1.807) is 0 Å². The number of nitrogens with one attached hydrogen (secondary N) is 1. The van der Waals surface area contributed by atoms with Gasteiger partial charge in [0.1, 0.15) is 0 Å². The molecule has 1 aliphatic carbocycles. The molecule has 1 N–H and O–H groups in total. The summed E-state index contributed by atoms with van der Waals surface area (Å²) in [6.45, 7) is 9.54. The van der Waals surface area contributed by atoms with E-state index >= 15 is 0 Å². The Bertz CT molecular complexity index is 199. The summed E-state index contributed by atoms with van der Waals surface area (Å²) in [4.78, 5) is 2.54. The summed E-state index contributed by atoms with van der Waals surface area (Å²) < 4.78 is 0. The summed E-state index contributed by atoms with van der Waals surface area (Å²) in [7, 11) is 4.39. The van der Waals surface area contributed by atoms with Crippen molar-refractivity contribution >= 4 is 0 Å². The van der Waals surface area contributed by atoms with Crippen LogP contribution in [0.2, 0.25) is 0 Å². The van der Waals surface area contributed by atoms with E-state index in [0.717, 1.165) is 12.0 Å². The zero-order chi connectivity index (χ0) is 12.9. The van der Waals surface area contributed by atoms with E-state index in [1.165, 1.54) is 45.2 Å². The van der Waals surface area contributed by atoms with Gasteiger partial charge in [-0.15, -0.1) is 0 Å². The minimum Gasteiger partial charge on any atom is -0.317 e. The minimum atomic E-state index is 0.470. The summed E-state index contributed by atoms with van der Waals surface area (Å²) in [5.74, 6) is 0.935. The van der Waals surface area contributed by atoms with E-state index in [-0.39, 0.29) is 0 Å². The molecule has 1 rings (SSSR count). The predicted octanol–water partition coefficient (Wildman–Crippen LogP) is 3.13. The zero-order valence-corrected chi connectivity index (χ0v) is 12.6. The standard InChI is InChI=1S/C15H32N2/c1-15(2,3)10-11-17(5)12-13-6-8-14(16-4)9-7-13/h13-14,16H,6-12H2,1-5H3. The quantitative estimate of drug-likeness (QED) is 0.794. The molecule has 0 aromatic carbocycles. The van der Waals surface area contributed by atoms with E-state index in [1.807, 2.05) is 0 Å². The molecule has 0 saturated heterocycles. The smallest absolute Gasteiger partial charge is 0.00642 e. The lowest BCUT2D eigenvalue weighted by Gasteiger charge is -2.32. The van der Waals surface area contributed by atoms with Gasteiger partial charge in [0.15, 0.2) is 0 Å². The van der Waals surface area contributed by atoms with Gasteiger partial charge in [-0.1, -0.05) is 20.8 Å². The van der Waals surface area contributed by atoms with Gasteiger partial charge >= 0.3 is 0 Å². The lowest BCUT2D eigenvalue weighted by molar-refractivity contribution is 0.196. The van der Waals surface area contributed by atoms with Crippen molar-refractivity contribution < 1.29 is 0 Å². The van der Waals surface area contributed by atoms with Crippen molar-refractivity contribution in [3.8, 4) is 0 Å². The maximum Gasteiger partial charge on any atom is 0.00642 e. The summed E-state index contributed by atoms with van der Waals surface area (Å²) in [6.07, 6.45) is 6.86. The Morgan fingerprint density at radius 1 is 1.12 bits per heavy atom. The molecular weight excluding hydrogens is 208 g/mol. The van der Waals surface area contributed by atoms with E-state index in [4.69, 9.17) is 0 Å². The van der Waals surface area contributed by atoms with Crippen LogP contribution in [0.4, 0.5) is 0 Å². The highest BCUT2D eigenvalue weighted by atomic mass is 15.1.